The quantitative estimate of drug-likeness (QED) is 0.483. The lowest BCUT2D eigenvalue weighted by Gasteiger charge is -1.92. The van der Waals surface area contributed by atoms with Gasteiger partial charge in [-0.15, -0.1) is 0 Å². The van der Waals surface area contributed by atoms with Gasteiger partial charge in [0.2, 0.25) is 0 Å². The van der Waals surface area contributed by atoms with Gasteiger partial charge in [0.25, 0.3) is 0 Å². The highest BCUT2D eigenvalue weighted by atomic mass is 19.3. The molecule has 5 heteroatoms. The fourth-order valence-corrected chi connectivity index (χ4v) is 0.0933. The maximum absolute atomic E-state index is 10.8. The molecule has 42 valence electrons. The van der Waals surface area contributed by atoms with Crippen LogP contribution >= 0.6 is 0 Å². The predicted octanol–water partition coefficient (Wildman–Crippen LogP) is 0.477. The summed E-state index contributed by atoms with van der Waals surface area (Å²) in [7, 11) is 0. The van der Waals surface area contributed by atoms with Gasteiger partial charge in [0, 0.05) is 0 Å². The second kappa shape index (κ2) is 2.33. The summed E-state index contributed by atoms with van der Waals surface area (Å²) in [6.07, 6.45) is -1.71. The molecule has 0 aromatic heterocycles. The number of amides is 1. The number of carbonyl (C=O) groups is 1. The Morgan fingerprint density at radius 1 is 1.71 bits per heavy atom. The van der Waals surface area contributed by atoms with Crippen molar-refractivity contribution in [1.29, 1.82) is 0 Å². The van der Waals surface area contributed by atoms with Crippen LogP contribution in [0.25, 0.3) is 0 Å². The zero-order valence-electron chi connectivity index (χ0n) is 3.19. The van der Waals surface area contributed by atoms with Crippen molar-refractivity contribution in [3.8, 4) is 0 Å². The first kappa shape index (κ1) is 6.13. The normalized spacial score (nSPS) is 9.00. The van der Waals surface area contributed by atoms with E-state index < -0.39 is 12.6 Å². The molecule has 0 aromatic rings. The molecule has 0 bridgehead atoms. The maximum Gasteiger partial charge on any atom is 0.408 e. The van der Waals surface area contributed by atoms with E-state index in [1.807, 2.05) is 0 Å². The Bertz CT molecular complexity index is 74.1. The van der Waals surface area contributed by atoms with Gasteiger partial charge in [0.15, 0.2) is 0 Å². The van der Waals surface area contributed by atoms with E-state index in [9.17, 15) is 13.6 Å². The minimum atomic E-state index is -2.97. The van der Waals surface area contributed by atoms with Crippen molar-refractivity contribution in [2.75, 3.05) is 0 Å². The van der Waals surface area contributed by atoms with Crippen molar-refractivity contribution < 1.29 is 18.7 Å². The summed E-state index contributed by atoms with van der Waals surface area (Å²) >= 11 is 0. The molecule has 0 saturated heterocycles. The molecule has 0 aromatic carbocycles. The number of halogens is 2. The summed E-state index contributed by atoms with van der Waals surface area (Å²) < 4.78 is 21.6. The molecule has 0 unspecified atom stereocenters. The number of nitrogens with one attached hydrogen (secondary N) is 1. The molecule has 0 fully saturated rings. The van der Waals surface area contributed by atoms with Gasteiger partial charge in [-0.3, -0.25) is 5.32 Å². The second-order valence-corrected chi connectivity index (χ2v) is 0.750. The molecule has 2 N–H and O–H groups in total. The van der Waals surface area contributed by atoms with Gasteiger partial charge < -0.3 is 5.11 Å². The van der Waals surface area contributed by atoms with Crippen LogP contribution in [-0.4, -0.2) is 17.7 Å². The smallest absolute Gasteiger partial charge is 0.408 e. The van der Waals surface area contributed by atoms with Crippen molar-refractivity contribution in [3.05, 3.63) is 0 Å². The first-order valence-electron chi connectivity index (χ1n) is 1.40. The molecule has 1 amide bonds. The third-order valence-electron chi connectivity index (χ3n) is 0.233. The Balaban J connectivity index is 3.13. The van der Waals surface area contributed by atoms with Crippen LogP contribution in [0.2, 0.25) is 0 Å². The van der Waals surface area contributed by atoms with E-state index in [0.29, 0.717) is 0 Å². The van der Waals surface area contributed by atoms with Gasteiger partial charge in [0.1, 0.15) is 0 Å². The van der Waals surface area contributed by atoms with E-state index in [-0.39, 0.29) is 0 Å². The standard InChI is InChI=1S/C2H3F2NO2/c3-1(4)5-2(6)7/h1,5H,(H,6,7). The molecule has 3 nitrogen and oxygen atoms in total. The van der Waals surface area contributed by atoms with Gasteiger partial charge in [-0.05, 0) is 0 Å². The average molecular weight is 111 g/mol. The Morgan fingerprint density at radius 3 is 2.14 bits per heavy atom. The molecule has 0 radical (unpaired) electrons. The van der Waals surface area contributed by atoms with Crippen molar-refractivity contribution >= 4 is 6.09 Å². The van der Waals surface area contributed by atoms with Crippen LogP contribution in [0.1, 0.15) is 0 Å². The monoisotopic (exact) mass is 111 g/mol. The lowest BCUT2D eigenvalue weighted by Crippen LogP contribution is -2.25. The van der Waals surface area contributed by atoms with Gasteiger partial charge >= 0.3 is 12.6 Å². The van der Waals surface area contributed by atoms with E-state index in [1.54, 1.807) is 0 Å². The summed E-state index contributed by atoms with van der Waals surface area (Å²) in [4.78, 5) is 9.22. The highest BCUT2D eigenvalue weighted by molar-refractivity contribution is 5.64. The minimum absolute atomic E-state index is 0.889. The van der Waals surface area contributed by atoms with Crippen molar-refractivity contribution in [1.82, 2.24) is 5.32 Å². The number of hydrogen-bond donors (Lipinski definition) is 2. The van der Waals surface area contributed by atoms with Crippen molar-refractivity contribution in [3.63, 3.8) is 0 Å². The summed E-state index contributed by atoms with van der Waals surface area (Å²) in [6, 6.07) is 0. The van der Waals surface area contributed by atoms with Crippen LogP contribution < -0.4 is 5.32 Å². The zero-order valence-corrected chi connectivity index (χ0v) is 3.19. The van der Waals surface area contributed by atoms with Gasteiger partial charge in [0.05, 0.1) is 0 Å². The van der Waals surface area contributed by atoms with Gasteiger partial charge in [-0.25, -0.2) is 4.79 Å². The van der Waals surface area contributed by atoms with Crippen LogP contribution in [0.3, 0.4) is 0 Å². The molecule has 0 heterocycles. The first-order chi connectivity index (χ1) is 3.13. The van der Waals surface area contributed by atoms with Crippen LogP contribution in [0.5, 0.6) is 0 Å². The molecular weight excluding hydrogens is 108 g/mol. The zero-order chi connectivity index (χ0) is 5.86. The summed E-state index contributed by atoms with van der Waals surface area (Å²) in [5.74, 6) is 0. The van der Waals surface area contributed by atoms with Gasteiger partial charge in [-0.2, -0.15) is 8.78 Å². The van der Waals surface area contributed by atoms with Crippen molar-refractivity contribution in [2.24, 2.45) is 0 Å². The van der Waals surface area contributed by atoms with Crippen LogP contribution in [0, 0.1) is 0 Å². The number of hydrogen-bond acceptors (Lipinski definition) is 1. The molecule has 0 aliphatic rings. The Morgan fingerprint density at radius 2 is 2.14 bits per heavy atom. The van der Waals surface area contributed by atoms with E-state index in [0.717, 1.165) is 5.32 Å². The predicted molar refractivity (Wildman–Crippen MR) is 17.2 cm³/mol. The highest BCUT2D eigenvalue weighted by Gasteiger charge is 2.02. The van der Waals surface area contributed by atoms with Crippen molar-refractivity contribution in [2.45, 2.75) is 6.55 Å². The van der Waals surface area contributed by atoms with Crippen LogP contribution in [0.15, 0.2) is 0 Å². The lowest BCUT2D eigenvalue weighted by atomic mass is 11.1. The molecule has 0 rings (SSSR count). The molecule has 0 atom stereocenters. The van der Waals surface area contributed by atoms with E-state index >= 15 is 0 Å². The largest absolute Gasteiger partial charge is 0.465 e. The summed E-state index contributed by atoms with van der Waals surface area (Å²) in [5.41, 5.74) is 0. The van der Waals surface area contributed by atoms with Crippen LogP contribution in [-0.2, 0) is 0 Å². The topological polar surface area (TPSA) is 49.3 Å². The van der Waals surface area contributed by atoms with E-state index in [4.69, 9.17) is 5.11 Å². The summed E-state index contributed by atoms with van der Waals surface area (Å²) in [6.45, 7) is -2.97. The van der Waals surface area contributed by atoms with Crippen LogP contribution in [0.4, 0.5) is 13.6 Å². The average Bonchev–Trinajstić information content (AvgIpc) is 1.27. The SMILES string of the molecule is O=C(O)NC(F)F. The fraction of sp³-hybridized carbons (Fsp3) is 0.500. The first-order valence-corrected chi connectivity index (χ1v) is 1.40. The molecule has 0 spiro atoms. The van der Waals surface area contributed by atoms with Gasteiger partial charge in [-0.1, -0.05) is 0 Å². The number of alkyl halides is 2. The molecule has 7 heavy (non-hydrogen) atoms. The van der Waals surface area contributed by atoms with E-state index in [1.165, 1.54) is 0 Å². The minimum Gasteiger partial charge on any atom is -0.465 e. The second-order valence-electron chi connectivity index (χ2n) is 0.750. The Hall–Kier alpha value is -0.870. The maximum atomic E-state index is 10.8. The molecule has 0 saturated carbocycles. The highest BCUT2D eigenvalue weighted by Crippen LogP contribution is 1.82. The lowest BCUT2D eigenvalue weighted by molar-refractivity contribution is 0.0992. The molecule has 0 aliphatic carbocycles. The Kier molecular flexibility index (Phi) is 2.04. The number of rotatable bonds is 1. The third kappa shape index (κ3) is 5.13. The number of carboxylic acid groups (broad SMARTS) is 1. The fourth-order valence-electron chi connectivity index (χ4n) is 0.0933. The Labute approximate surface area is 37.9 Å². The summed E-state index contributed by atoms with van der Waals surface area (Å²) in [5, 5.41) is 8.38. The third-order valence-corrected chi connectivity index (χ3v) is 0.233. The molecule has 0 aliphatic heterocycles. The molecular formula is C2H3F2NO2. The van der Waals surface area contributed by atoms with E-state index in [2.05, 4.69) is 0 Å².